The number of carbonyl (C=O) groups is 2. The van der Waals surface area contributed by atoms with E-state index in [2.05, 4.69) is 0 Å². The quantitative estimate of drug-likeness (QED) is 0.806. The minimum Gasteiger partial charge on any atom is -0.467 e. The summed E-state index contributed by atoms with van der Waals surface area (Å²) < 4.78 is 18.7. The third-order valence-corrected chi connectivity index (χ3v) is 3.79. The number of ether oxygens (including phenoxy) is 1. The van der Waals surface area contributed by atoms with Crippen molar-refractivity contribution in [1.29, 1.82) is 0 Å². The second kappa shape index (κ2) is 5.79. The summed E-state index contributed by atoms with van der Waals surface area (Å²) in [6, 6.07) is 3.08. The van der Waals surface area contributed by atoms with Crippen molar-refractivity contribution in [3.63, 3.8) is 0 Å². The molecule has 1 aromatic carbocycles. The van der Waals surface area contributed by atoms with E-state index in [-0.39, 0.29) is 17.4 Å². The van der Waals surface area contributed by atoms with Crippen LogP contribution >= 0.6 is 11.6 Å². The van der Waals surface area contributed by atoms with E-state index in [1.807, 2.05) is 0 Å². The summed E-state index contributed by atoms with van der Waals surface area (Å²) in [6.07, 6.45) is 0.657. The lowest BCUT2D eigenvalue weighted by Crippen LogP contribution is -2.41. The predicted molar refractivity (Wildman–Crippen MR) is 71.7 cm³/mol. The second-order valence-corrected chi connectivity index (χ2v) is 5.16. The molecule has 1 aliphatic heterocycles. The number of amides is 1. The van der Waals surface area contributed by atoms with E-state index in [1.165, 1.54) is 24.1 Å². The van der Waals surface area contributed by atoms with Gasteiger partial charge in [-0.25, -0.2) is 9.18 Å². The van der Waals surface area contributed by atoms with Crippen molar-refractivity contribution in [2.45, 2.75) is 31.8 Å². The van der Waals surface area contributed by atoms with Crippen molar-refractivity contribution >= 4 is 23.5 Å². The number of carbonyl (C=O) groups excluding carboxylic acids is 2. The summed E-state index contributed by atoms with van der Waals surface area (Å²) >= 11 is 5.72. The minimum absolute atomic E-state index is 0.178. The van der Waals surface area contributed by atoms with Crippen LogP contribution in [0.5, 0.6) is 0 Å². The summed E-state index contributed by atoms with van der Waals surface area (Å²) in [5.41, 5.74) is 0.332. The molecule has 1 amide bonds. The molecule has 20 heavy (non-hydrogen) atoms. The monoisotopic (exact) mass is 299 g/mol. The highest BCUT2D eigenvalue weighted by Gasteiger charge is 2.40. The molecule has 2 rings (SSSR count). The van der Waals surface area contributed by atoms with Gasteiger partial charge < -0.3 is 9.64 Å². The van der Waals surface area contributed by atoms with Crippen molar-refractivity contribution < 1.29 is 18.7 Å². The van der Waals surface area contributed by atoms with Gasteiger partial charge in [-0.3, -0.25) is 4.79 Å². The van der Waals surface area contributed by atoms with Gasteiger partial charge in [0.05, 0.1) is 13.2 Å². The fraction of sp³-hybridized carbons (Fsp3) is 0.429. The van der Waals surface area contributed by atoms with Crippen LogP contribution in [0.1, 0.15) is 31.4 Å². The van der Waals surface area contributed by atoms with Crippen LogP contribution in [0.15, 0.2) is 18.2 Å². The normalized spacial score (nSPS) is 20.1. The molecular weight excluding hydrogens is 285 g/mol. The molecule has 0 aromatic heterocycles. The molecule has 1 heterocycles. The molecule has 2 unspecified atom stereocenters. The Morgan fingerprint density at radius 1 is 1.55 bits per heavy atom. The van der Waals surface area contributed by atoms with Crippen LogP contribution in [0.4, 0.5) is 4.39 Å². The topological polar surface area (TPSA) is 46.6 Å². The number of halogens is 2. The average molecular weight is 300 g/mol. The Balaban J connectivity index is 2.32. The Hall–Kier alpha value is -1.62. The zero-order valence-electron chi connectivity index (χ0n) is 11.2. The van der Waals surface area contributed by atoms with Crippen molar-refractivity contribution in [2.75, 3.05) is 7.11 Å². The Labute approximate surface area is 121 Å². The fourth-order valence-electron chi connectivity index (χ4n) is 2.55. The van der Waals surface area contributed by atoms with Crippen LogP contribution in [0.3, 0.4) is 0 Å². The fourth-order valence-corrected chi connectivity index (χ4v) is 2.70. The summed E-state index contributed by atoms with van der Waals surface area (Å²) in [4.78, 5) is 25.1. The lowest BCUT2D eigenvalue weighted by Gasteiger charge is -2.29. The van der Waals surface area contributed by atoms with Crippen LogP contribution in [-0.4, -0.2) is 29.9 Å². The molecule has 0 aliphatic carbocycles. The summed E-state index contributed by atoms with van der Waals surface area (Å²) in [5.74, 6) is -1.15. The molecule has 0 saturated carbocycles. The van der Waals surface area contributed by atoms with Gasteiger partial charge in [0.15, 0.2) is 0 Å². The van der Waals surface area contributed by atoms with Gasteiger partial charge >= 0.3 is 5.97 Å². The maximum atomic E-state index is 14.0. The third-order valence-electron chi connectivity index (χ3n) is 3.56. The predicted octanol–water partition coefficient (Wildman–Crippen LogP) is 2.70. The van der Waals surface area contributed by atoms with Crippen LogP contribution in [-0.2, 0) is 14.3 Å². The summed E-state index contributed by atoms with van der Waals surface area (Å²) in [7, 11) is 1.27. The minimum atomic E-state index is -0.655. The van der Waals surface area contributed by atoms with Crippen molar-refractivity contribution in [2.24, 2.45) is 0 Å². The third kappa shape index (κ3) is 2.63. The number of benzene rings is 1. The van der Waals surface area contributed by atoms with Crippen LogP contribution in [0.2, 0.25) is 5.02 Å². The summed E-state index contributed by atoms with van der Waals surface area (Å²) in [6.45, 7) is 1.69. The average Bonchev–Trinajstić information content (AvgIpc) is 2.79. The van der Waals surface area contributed by atoms with E-state index in [0.29, 0.717) is 12.0 Å². The number of hydrogen-bond donors (Lipinski definition) is 0. The second-order valence-electron chi connectivity index (χ2n) is 4.72. The van der Waals surface area contributed by atoms with Gasteiger partial charge in [-0.2, -0.15) is 0 Å². The Morgan fingerprint density at radius 2 is 2.25 bits per heavy atom. The zero-order chi connectivity index (χ0) is 14.9. The van der Waals surface area contributed by atoms with Crippen molar-refractivity contribution in [3.05, 3.63) is 34.6 Å². The Morgan fingerprint density at radius 3 is 2.85 bits per heavy atom. The number of rotatable bonds is 3. The molecular formula is C14H15ClFNO3. The molecule has 0 bridgehead atoms. The lowest BCUT2D eigenvalue weighted by molar-refractivity contribution is -0.150. The first-order valence-corrected chi connectivity index (χ1v) is 6.67. The number of esters is 1. The van der Waals surface area contributed by atoms with E-state index in [0.717, 1.165) is 0 Å². The molecule has 0 spiro atoms. The smallest absolute Gasteiger partial charge is 0.328 e. The molecule has 2 atom stereocenters. The Kier molecular flexibility index (Phi) is 4.28. The zero-order valence-corrected chi connectivity index (χ0v) is 12.0. The van der Waals surface area contributed by atoms with Gasteiger partial charge in [-0.1, -0.05) is 17.7 Å². The van der Waals surface area contributed by atoms with Gasteiger partial charge in [-0.05, 0) is 25.5 Å². The van der Waals surface area contributed by atoms with Crippen molar-refractivity contribution in [3.8, 4) is 0 Å². The molecule has 1 aromatic rings. The molecule has 6 heteroatoms. The highest BCUT2D eigenvalue weighted by atomic mass is 35.5. The standard InChI is InChI=1S/C14H15ClFNO3/c1-8(10-4-3-9(15)7-11(10)16)17-12(14(19)20-2)5-6-13(17)18/h3-4,7-8,12H,5-6H2,1-2H3. The van der Waals surface area contributed by atoms with E-state index < -0.39 is 23.9 Å². The van der Waals surface area contributed by atoms with Crippen LogP contribution < -0.4 is 0 Å². The van der Waals surface area contributed by atoms with Gasteiger partial charge in [0.2, 0.25) is 5.91 Å². The first-order valence-electron chi connectivity index (χ1n) is 6.29. The largest absolute Gasteiger partial charge is 0.467 e. The SMILES string of the molecule is COC(=O)C1CCC(=O)N1C(C)c1ccc(Cl)cc1F. The number of methoxy groups -OCH3 is 1. The maximum Gasteiger partial charge on any atom is 0.328 e. The van der Waals surface area contributed by atoms with Crippen LogP contribution in [0.25, 0.3) is 0 Å². The molecule has 1 fully saturated rings. The van der Waals surface area contributed by atoms with Gasteiger partial charge in [-0.15, -0.1) is 0 Å². The molecule has 0 radical (unpaired) electrons. The molecule has 0 N–H and O–H groups in total. The van der Waals surface area contributed by atoms with E-state index in [9.17, 15) is 14.0 Å². The van der Waals surface area contributed by atoms with E-state index >= 15 is 0 Å². The van der Waals surface area contributed by atoms with E-state index in [4.69, 9.17) is 16.3 Å². The first kappa shape index (κ1) is 14.8. The first-order chi connectivity index (χ1) is 9.45. The van der Waals surface area contributed by atoms with Crippen LogP contribution in [0, 0.1) is 5.82 Å². The summed E-state index contributed by atoms with van der Waals surface area (Å²) in [5, 5.41) is 0.288. The Bertz CT molecular complexity index is 549. The van der Waals surface area contributed by atoms with Gasteiger partial charge in [0.1, 0.15) is 11.9 Å². The van der Waals surface area contributed by atoms with Crippen molar-refractivity contribution in [1.82, 2.24) is 4.90 Å². The number of nitrogens with zero attached hydrogens (tertiary/aromatic N) is 1. The molecule has 108 valence electrons. The molecule has 4 nitrogen and oxygen atoms in total. The maximum absolute atomic E-state index is 14.0. The highest BCUT2D eigenvalue weighted by Crippen LogP contribution is 2.32. The highest BCUT2D eigenvalue weighted by molar-refractivity contribution is 6.30. The number of likely N-dealkylation sites (tertiary alicyclic amines) is 1. The molecule has 1 aliphatic rings. The molecule has 1 saturated heterocycles. The lowest BCUT2D eigenvalue weighted by atomic mass is 10.1. The van der Waals surface area contributed by atoms with Gasteiger partial charge in [0, 0.05) is 17.0 Å². The number of hydrogen-bond acceptors (Lipinski definition) is 3. The van der Waals surface area contributed by atoms with E-state index in [1.54, 1.807) is 13.0 Å². The van der Waals surface area contributed by atoms with Gasteiger partial charge in [0.25, 0.3) is 0 Å².